The summed E-state index contributed by atoms with van der Waals surface area (Å²) in [5.74, 6) is 1.77. The molecule has 3 heterocycles. The molecule has 0 radical (unpaired) electrons. The third-order valence-electron chi connectivity index (χ3n) is 5.91. The largest absolute Gasteiger partial charge is 0.491 e. The number of ether oxygens (including phenoxy) is 1. The summed E-state index contributed by atoms with van der Waals surface area (Å²) in [7, 11) is 0. The maximum Gasteiger partial charge on any atom is 0.258 e. The number of nitriles is 1. The zero-order chi connectivity index (χ0) is 24.2. The van der Waals surface area contributed by atoms with Gasteiger partial charge in [0.2, 0.25) is 0 Å². The van der Waals surface area contributed by atoms with E-state index in [-0.39, 0.29) is 6.61 Å². The molecule has 1 aliphatic rings. The van der Waals surface area contributed by atoms with Crippen LogP contribution in [0.2, 0.25) is 0 Å². The zero-order valence-corrected chi connectivity index (χ0v) is 20.2. The quantitative estimate of drug-likeness (QED) is 0.398. The van der Waals surface area contributed by atoms with Gasteiger partial charge >= 0.3 is 0 Å². The summed E-state index contributed by atoms with van der Waals surface area (Å²) >= 11 is 1.66. The fourth-order valence-electron chi connectivity index (χ4n) is 4.14. The highest BCUT2D eigenvalue weighted by atomic mass is 32.1. The Balaban J connectivity index is 1.06. The number of hydrogen-bond donors (Lipinski definition) is 1. The maximum atomic E-state index is 10.5. The second-order valence-corrected chi connectivity index (χ2v) is 9.85. The number of aliphatic hydroxyl groups excluding tert-OH is 1. The van der Waals surface area contributed by atoms with E-state index in [2.05, 4.69) is 31.0 Å². The molecule has 1 aliphatic heterocycles. The van der Waals surface area contributed by atoms with Gasteiger partial charge in [0.25, 0.3) is 5.89 Å². The van der Waals surface area contributed by atoms with Crippen LogP contribution in [-0.2, 0) is 6.54 Å². The summed E-state index contributed by atoms with van der Waals surface area (Å²) in [4.78, 5) is 13.5. The predicted molar refractivity (Wildman–Crippen MR) is 132 cm³/mol. The fourth-order valence-corrected chi connectivity index (χ4v) is 4.95. The number of nitrogens with zero attached hydrogens (tertiary/aromatic N) is 6. The van der Waals surface area contributed by atoms with Crippen LogP contribution in [0.3, 0.4) is 0 Å². The Kier molecular flexibility index (Phi) is 7.01. The van der Waals surface area contributed by atoms with Crippen molar-refractivity contribution in [2.45, 2.75) is 19.6 Å². The van der Waals surface area contributed by atoms with Crippen molar-refractivity contribution in [1.82, 2.24) is 24.9 Å². The summed E-state index contributed by atoms with van der Waals surface area (Å²) < 4.78 is 12.3. The lowest BCUT2D eigenvalue weighted by atomic mass is 10.1. The normalized spacial score (nSPS) is 15.8. The van der Waals surface area contributed by atoms with Gasteiger partial charge in [-0.1, -0.05) is 11.2 Å². The van der Waals surface area contributed by atoms with Gasteiger partial charge in [-0.05, 0) is 37.3 Å². The van der Waals surface area contributed by atoms with Crippen LogP contribution in [0.4, 0.5) is 0 Å². The van der Waals surface area contributed by atoms with Crippen molar-refractivity contribution in [3.05, 3.63) is 58.9 Å². The molecule has 4 aromatic rings. The topological polar surface area (TPSA) is 112 Å². The molecular weight excluding hydrogens is 464 g/mol. The molecule has 1 saturated heterocycles. The second-order valence-electron chi connectivity index (χ2n) is 8.61. The third-order valence-corrected chi connectivity index (χ3v) is 6.87. The molecule has 2 aromatic carbocycles. The number of rotatable bonds is 8. The molecule has 0 aliphatic carbocycles. The summed E-state index contributed by atoms with van der Waals surface area (Å²) in [6.07, 6.45) is -0.571. The van der Waals surface area contributed by atoms with Gasteiger partial charge in [-0.25, -0.2) is 4.98 Å². The molecule has 0 saturated carbocycles. The number of aryl methyl sites for hydroxylation is 1. The van der Waals surface area contributed by atoms with Crippen molar-refractivity contribution >= 4 is 21.6 Å². The molecular formula is C25H26N6O3S. The number of benzene rings is 2. The van der Waals surface area contributed by atoms with Gasteiger partial charge in [0.05, 0.1) is 33.4 Å². The SMILES string of the molecule is Cc1nc2cc(OC[C@H](O)CN3CCN(Cc4noc(-c5cccc(C#N)c5)n4)CC3)ccc2s1. The van der Waals surface area contributed by atoms with E-state index >= 15 is 0 Å². The zero-order valence-electron chi connectivity index (χ0n) is 19.4. The van der Waals surface area contributed by atoms with Crippen LogP contribution in [0, 0.1) is 18.3 Å². The van der Waals surface area contributed by atoms with Crippen molar-refractivity contribution in [3.63, 3.8) is 0 Å². The van der Waals surface area contributed by atoms with Crippen LogP contribution in [0.5, 0.6) is 5.75 Å². The minimum atomic E-state index is -0.571. The smallest absolute Gasteiger partial charge is 0.258 e. The van der Waals surface area contributed by atoms with Crippen molar-refractivity contribution in [2.24, 2.45) is 0 Å². The Morgan fingerprint density at radius 1 is 1.14 bits per heavy atom. The summed E-state index contributed by atoms with van der Waals surface area (Å²) in [5, 5.41) is 24.7. The lowest BCUT2D eigenvalue weighted by Gasteiger charge is -2.34. The lowest BCUT2D eigenvalue weighted by Crippen LogP contribution is -2.48. The van der Waals surface area contributed by atoms with Crippen LogP contribution in [-0.4, -0.2) is 75.5 Å². The molecule has 0 unspecified atom stereocenters. The Morgan fingerprint density at radius 3 is 2.80 bits per heavy atom. The highest BCUT2D eigenvalue weighted by Gasteiger charge is 2.21. The van der Waals surface area contributed by atoms with Crippen molar-refractivity contribution in [1.29, 1.82) is 5.26 Å². The molecule has 0 amide bonds. The minimum Gasteiger partial charge on any atom is -0.491 e. The summed E-state index contributed by atoms with van der Waals surface area (Å²) in [6, 6.07) is 15.1. The number of aromatic nitrogens is 3. The van der Waals surface area contributed by atoms with Crippen LogP contribution in [0.15, 0.2) is 47.0 Å². The number of thiazole rings is 1. The first-order chi connectivity index (χ1) is 17.1. The van der Waals surface area contributed by atoms with E-state index < -0.39 is 6.10 Å². The van der Waals surface area contributed by atoms with E-state index in [4.69, 9.17) is 14.5 Å². The Bertz CT molecular complexity index is 1340. The number of β-amino-alcohol motifs (C(OH)–C–C–N with tert-alkyl or cyclic N) is 1. The van der Waals surface area contributed by atoms with E-state index in [0.29, 0.717) is 30.4 Å². The van der Waals surface area contributed by atoms with Crippen molar-refractivity contribution in [3.8, 4) is 23.3 Å². The lowest BCUT2D eigenvalue weighted by molar-refractivity contribution is 0.0440. The fraction of sp³-hybridized carbons (Fsp3) is 0.360. The average molecular weight is 491 g/mol. The molecule has 0 spiro atoms. The number of hydrogen-bond acceptors (Lipinski definition) is 10. The highest BCUT2D eigenvalue weighted by Crippen LogP contribution is 2.25. The first-order valence-corrected chi connectivity index (χ1v) is 12.3. The molecule has 1 fully saturated rings. The number of aliphatic hydroxyl groups is 1. The van der Waals surface area contributed by atoms with E-state index in [1.54, 1.807) is 29.5 Å². The Morgan fingerprint density at radius 2 is 1.97 bits per heavy atom. The maximum absolute atomic E-state index is 10.5. The van der Waals surface area contributed by atoms with Crippen LogP contribution < -0.4 is 4.74 Å². The van der Waals surface area contributed by atoms with E-state index in [0.717, 1.165) is 52.7 Å². The third kappa shape index (κ3) is 5.83. The molecule has 5 rings (SSSR count). The van der Waals surface area contributed by atoms with Gasteiger partial charge in [-0.2, -0.15) is 10.2 Å². The summed E-state index contributed by atoms with van der Waals surface area (Å²) in [6.45, 7) is 6.78. The second kappa shape index (κ2) is 10.5. The molecule has 10 heteroatoms. The van der Waals surface area contributed by atoms with E-state index in [9.17, 15) is 5.11 Å². The number of fused-ring (bicyclic) bond motifs is 1. The van der Waals surface area contributed by atoms with Gasteiger partial charge in [-0.15, -0.1) is 11.3 Å². The van der Waals surface area contributed by atoms with Crippen LogP contribution in [0.25, 0.3) is 21.7 Å². The standard InChI is InChI=1S/C25H26N6O3S/c1-17-27-22-12-21(5-6-23(22)35-17)33-16-20(32)14-30-7-9-31(10-8-30)15-24-28-25(34-29-24)19-4-2-3-18(11-19)13-26/h2-6,11-12,20,32H,7-10,14-16H2,1H3/t20-/m1/s1. The molecule has 0 bridgehead atoms. The van der Waals surface area contributed by atoms with Crippen LogP contribution >= 0.6 is 11.3 Å². The average Bonchev–Trinajstić information content (AvgIpc) is 3.49. The van der Waals surface area contributed by atoms with Crippen LogP contribution in [0.1, 0.15) is 16.4 Å². The highest BCUT2D eigenvalue weighted by molar-refractivity contribution is 7.18. The first kappa shape index (κ1) is 23.4. The van der Waals surface area contributed by atoms with Gasteiger partial charge < -0.3 is 14.4 Å². The molecule has 1 atom stereocenters. The predicted octanol–water partition coefficient (Wildman–Crippen LogP) is 3.08. The summed E-state index contributed by atoms with van der Waals surface area (Å²) in [5.41, 5.74) is 2.23. The van der Waals surface area contributed by atoms with Crippen molar-refractivity contribution < 1.29 is 14.4 Å². The van der Waals surface area contributed by atoms with Gasteiger partial charge in [0.1, 0.15) is 18.5 Å². The van der Waals surface area contributed by atoms with E-state index in [1.807, 2.05) is 31.2 Å². The Hall–Kier alpha value is -3.36. The number of piperazine rings is 1. The van der Waals surface area contributed by atoms with Gasteiger partial charge in [-0.3, -0.25) is 9.80 Å². The van der Waals surface area contributed by atoms with Gasteiger partial charge in [0, 0.05) is 44.4 Å². The van der Waals surface area contributed by atoms with Gasteiger partial charge in [0.15, 0.2) is 5.82 Å². The first-order valence-electron chi connectivity index (χ1n) is 11.5. The Labute approximate surface area is 207 Å². The monoisotopic (exact) mass is 490 g/mol. The van der Waals surface area contributed by atoms with Crippen molar-refractivity contribution in [2.75, 3.05) is 39.3 Å². The molecule has 9 nitrogen and oxygen atoms in total. The molecule has 35 heavy (non-hydrogen) atoms. The molecule has 2 aromatic heterocycles. The van der Waals surface area contributed by atoms with E-state index in [1.165, 1.54) is 0 Å². The minimum absolute atomic E-state index is 0.244. The molecule has 1 N–H and O–H groups in total. The molecule has 180 valence electrons.